The van der Waals surface area contributed by atoms with Gasteiger partial charge in [0.2, 0.25) is 11.8 Å². The van der Waals surface area contributed by atoms with Gasteiger partial charge in [-0.1, -0.05) is 24.3 Å². The van der Waals surface area contributed by atoms with Crippen LogP contribution in [-0.4, -0.2) is 53.1 Å². The Kier molecular flexibility index (Phi) is 16.5. The van der Waals surface area contributed by atoms with Gasteiger partial charge in [-0.15, -0.1) is 0 Å². The molecule has 4 aromatic carbocycles. The lowest BCUT2D eigenvalue weighted by Crippen LogP contribution is -2.24. The van der Waals surface area contributed by atoms with E-state index in [2.05, 4.69) is 20.0 Å². The molecule has 0 aliphatic carbocycles. The van der Waals surface area contributed by atoms with Crippen LogP contribution >= 0.6 is 0 Å². The Balaban J connectivity index is 0.000000223. The number of methoxy groups -OCH3 is 2. The van der Waals surface area contributed by atoms with Gasteiger partial charge in [-0.3, -0.25) is 4.79 Å². The van der Waals surface area contributed by atoms with E-state index in [9.17, 15) is 36.7 Å². The monoisotopic (exact) mass is 842 g/mol. The number of pyridine rings is 2. The number of hydrogen-bond donors (Lipinski definition) is 3. The predicted octanol–water partition coefficient (Wildman–Crippen LogP) is 8.27. The quantitative estimate of drug-likeness (QED) is 0.0838. The first-order valence-electron chi connectivity index (χ1n) is 17.9. The average molecular weight is 843 g/mol. The number of ether oxygens (including phenoxy) is 4. The summed E-state index contributed by atoms with van der Waals surface area (Å²) in [6.07, 6.45) is 1.76. The van der Waals surface area contributed by atoms with Crippen LogP contribution in [0.15, 0.2) is 109 Å². The number of esters is 2. The highest BCUT2D eigenvalue weighted by Crippen LogP contribution is 2.25. The van der Waals surface area contributed by atoms with Gasteiger partial charge < -0.3 is 35.1 Å². The van der Waals surface area contributed by atoms with Crippen LogP contribution in [0.5, 0.6) is 23.3 Å². The fourth-order valence-corrected chi connectivity index (χ4v) is 5.20. The summed E-state index contributed by atoms with van der Waals surface area (Å²) < 4.78 is 72.3. The fourth-order valence-electron chi connectivity index (χ4n) is 5.20. The molecule has 17 heteroatoms. The number of carboxylic acid groups (broad SMARTS) is 1. The summed E-state index contributed by atoms with van der Waals surface area (Å²) >= 11 is 0. The number of rotatable bonds is 11. The molecule has 0 bridgehead atoms. The van der Waals surface area contributed by atoms with Crippen molar-refractivity contribution < 1.29 is 60.8 Å². The third-order valence-corrected chi connectivity index (χ3v) is 8.25. The van der Waals surface area contributed by atoms with E-state index in [-0.39, 0.29) is 41.3 Å². The second kappa shape index (κ2) is 21.9. The summed E-state index contributed by atoms with van der Waals surface area (Å²) in [7, 11) is 2.67. The molecule has 0 unspecified atom stereocenters. The molecular formula is C44H38F4N4O9. The van der Waals surface area contributed by atoms with Crippen molar-refractivity contribution in [1.29, 1.82) is 0 Å². The van der Waals surface area contributed by atoms with Gasteiger partial charge in [0.25, 0.3) is 5.91 Å². The van der Waals surface area contributed by atoms with Crippen LogP contribution in [0.1, 0.15) is 63.7 Å². The molecule has 0 aliphatic rings. The number of hydrogen-bond acceptors (Lipinski definition) is 11. The second-order valence-electron chi connectivity index (χ2n) is 12.6. The highest BCUT2D eigenvalue weighted by atomic mass is 19.1. The van der Waals surface area contributed by atoms with Crippen LogP contribution < -0.4 is 20.5 Å². The zero-order valence-corrected chi connectivity index (χ0v) is 33.0. The van der Waals surface area contributed by atoms with Crippen molar-refractivity contribution >= 4 is 23.8 Å². The molecule has 2 heterocycles. The molecule has 13 nitrogen and oxygen atoms in total. The average Bonchev–Trinajstić information content (AvgIpc) is 3.25. The van der Waals surface area contributed by atoms with Crippen LogP contribution in [0, 0.1) is 37.1 Å². The fraction of sp³-hybridized carbons (Fsp3) is 0.136. The molecule has 0 fully saturated rings. The van der Waals surface area contributed by atoms with Crippen molar-refractivity contribution in [3.8, 4) is 23.3 Å². The maximum absolute atomic E-state index is 13.7. The zero-order chi connectivity index (χ0) is 44.6. The molecule has 0 saturated carbocycles. The number of nitrogens with two attached hydrogens (primary N) is 1. The number of halogens is 4. The van der Waals surface area contributed by atoms with Gasteiger partial charge in [-0.25, -0.2) is 41.9 Å². The lowest BCUT2D eigenvalue weighted by atomic mass is 10.1. The molecule has 6 aromatic rings. The van der Waals surface area contributed by atoms with Crippen LogP contribution in [0.25, 0.3) is 0 Å². The van der Waals surface area contributed by atoms with Gasteiger partial charge in [0.15, 0.2) is 0 Å². The number of benzene rings is 4. The number of aromatic carboxylic acids is 1. The minimum Gasteiger partial charge on any atom is -0.477 e. The van der Waals surface area contributed by atoms with E-state index < -0.39 is 46.7 Å². The molecular weight excluding hydrogens is 804 g/mol. The summed E-state index contributed by atoms with van der Waals surface area (Å²) in [6.45, 7) is 4.24. The van der Waals surface area contributed by atoms with Crippen LogP contribution in [0.2, 0.25) is 0 Å². The summed E-state index contributed by atoms with van der Waals surface area (Å²) in [4.78, 5) is 53.7. The molecule has 61 heavy (non-hydrogen) atoms. The number of aromatic nitrogens is 2. The van der Waals surface area contributed by atoms with Gasteiger partial charge >= 0.3 is 17.9 Å². The lowest BCUT2D eigenvalue weighted by molar-refractivity contribution is 0.0591. The largest absolute Gasteiger partial charge is 0.477 e. The van der Waals surface area contributed by atoms with Crippen molar-refractivity contribution in [2.75, 3.05) is 14.2 Å². The van der Waals surface area contributed by atoms with Crippen LogP contribution in [0.3, 0.4) is 0 Å². The number of carbonyl (C=O) groups is 4. The molecule has 316 valence electrons. The molecule has 2 aromatic heterocycles. The zero-order valence-electron chi connectivity index (χ0n) is 33.0. The first-order valence-corrected chi connectivity index (χ1v) is 17.9. The number of carbonyl (C=O) groups excluding carboxylic acids is 3. The van der Waals surface area contributed by atoms with E-state index in [4.69, 9.17) is 25.1 Å². The molecule has 1 amide bonds. The predicted molar refractivity (Wildman–Crippen MR) is 212 cm³/mol. The molecule has 0 atom stereocenters. The Bertz CT molecular complexity index is 2500. The topological polar surface area (TPSA) is 189 Å². The standard InChI is InChI=1S/C22H18F2N2O4.C12H7F2NO3.C10H13NO2/c1-13-9-14(3-8-18(13)22(28)29-2)11-25-20(27)19-10-16(24)12-26-21(19)30-17-6-4-15(23)5-7-17;13-7-1-3-9(4-2-7)18-11-10(12(16)17)5-8(14)6-15-11;1-7-5-8(6-11)3-4-9(7)10(12)13-2/h3-10,12H,11H2,1-2H3,(H,25,27);1-6H,(H,16,17);3-5H,6,11H2,1-2H3. The Labute approximate surface area is 346 Å². The molecule has 0 spiro atoms. The smallest absolute Gasteiger partial charge is 0.341 e. The minimum atomic E-state index is -1.36. The summed E-state index contributed by atoms with van der Waals surface area (Å²) in [5.74, 6) is -5.01. The minimum absolute atomic E-state index is 0.109. The highest BCUT2D eigenvalue weighted by Gasteiger charge is 2.18. The van der Waals surface area contributed by atoms with Gasteiger partial charge in [0, 0.05) is 13.1 Å². The number of amides is 1. The third-order valence-electron chi connectivity index (χ3n) is 8.25. The lowest BCUT2D eigenvalue weighted by Gasteiger charge is -2.12. The van der Waals surface area contributed by atoms with Crippen molar-refractivity contribution in [3.05, 3.63) is 177 Å². The Morgan fingerprint density at radius 3 is 1.44 bits per heavy atom. The Morgan fingerprint density at radius 1 is 0.590 bits per heavy atom. The molecule has 0 aliphatic heterocycles. The third kappa shape index (κ3) is 13.4. The Hall–Kier alpha value is -7.66. The molecule has 0 saturated heterocycles. The van der Waals surface area contributed by atoms with E-state index in [0.717, 1.165) is 53.3 Å². The van der Waals surface area contributed by atoms with Crippen LogP contribution in [-0.2, 0) is 22.6 Å². The first kappa shape index (κ1) is 46.0. The van der Waals surface area contributed by atoms with Gasteiger partial charge in [0.05, 0.1) is 37.7 Å². The van der Waals surface area contributed by atoms with Gasteiger partial charge in [0.1, 0.15) is 45.9 Å². The number of nitrogens with zero attached hydrogens (tertiary/aromatic N) is 2. The normalized spacial score (nSPS) is 10.2. The van der Waals surface area contributed by atoms with Gasteiger partial charge in [-0.2, -0.15) is 0 Å². The number of carboxylic acids is 1. The molecule has 0 radical (unpaired) electrons. The second-order valence-corrected chi connectivity index (χ2v) is 12.6. The maximum atomic E-state index is 13.7. The molecule has 6 rings (SSSR count). The Morgan fingerprint density at radius 2 is 1.02 bits per heavy atom. The number of nitrogens with one attached hydrogen (secondary N) is 1. The van der Waals surface area contributed by atoms with E-state index in [1.54, 1.807) is 31.2 Å². The van der Waals surface area contributed by atoms with E-state index in [0.29, 0.717) is 23.2 Å². The van der Waals surface area contributed by atoms with Crippen molar-refractivity contribution in [2.45, 2.75) is 26.9 Å². The number of aryl methyl sites for hydroxylation is 2. The molecule has 4 N–H and O–H groups in total. The first-order chi connectivity index (χ1) is 29.1. The summed E-state index contributed by atoms with van der Waals surface area (Å²) in [6, 6.07) is 22.4. The van der Waals surface area contributed by atoms with E-state index >= 15 is 0 Å². The SMILES string of the molecule is COC(=O)c1ccc(CN)cc1C.COC(=O)c1ccc(CNC(=O)c2cc(F)cnc2Oc2ccc(F)cc2)cc1C.O=C(O)c1cc(F)cnc1Oc1ccc(F)cc1. The van der Waals surface area contributed by atoms with Crippen molar-refractivity contribution in [3.63, 3.8) is 0 Å². The van der Waals surface area contributed by atoms with Crippen LogP contribution in [0.4, 0.5) is 17.6 Å². The summed E-state index contributed by atoms with van der Waals surface area (Å²) in [5.41, 5.74) is 9.32. The summed E-state index contributed by atoms with van der Waals surface area (Å²) in [5, 5.41) is 11.5. The van der Waals surface area contributed by atoms with Crippen molar-refractivity contribution in [2.24, 2.45) is 5.73 Å². The van der Waals surface area contributed by atoms with Gasteiger partial charge in [-0.05, 0) is 109 Å². The van der Waals surface area contributed by atoms with Crippen molar-refractivity contribution in [1.82, 2.24) is 15.3 Å². The van der Waals surface area contributed by atoms with E-state index in [1.807, 2.05) is 19.1 Å². The highest BCUT2D eigenvalue weighted by molar-refractivity contribution is 5.96. The maximum Gasteiger partial charge on any atom is 0.341 e. The van der Waals surface area contributed by atoms with E-state index in [1.165, 1.54) is 50.6 Å².